The molecule has 62 heavy (non-hydrogen) atoms. The third kappa shape index (κ3) is 5.79. The van der Waals surface area contributed by atoms with E-state index in [-0.39, 0.29) is 0 Å². The minimum Gasteiger partial charge on any atom is -0.309 e. The molecule has 12 aromatic rings. The Hall–Kier alpha value is -7.68. The summed E-state index contributed by atoms with van der Waals surface area (Å²) in [5.41, 5.74) is 16.0. The summed E-state index contributed by atoms with van der Waals surface area (Å²) < 4.78 is 4.86. The fourth-order valence-electron chi connectivity index (χ4n) is 10.3. The first-order valence-electron chi connectivity index (χ1n) is 21.8. The van der Waals surface area contributed by atoms with Crippen LogP contribution in [-0.4, -0.2) is 9.13 Å². The molecular weight excluding hydrogens is 749 g/mol. The molecule has 0 atom stereocenters. The van der Waals surface area contributed by atoms with Gasteiger partial charge in [0, 0.05) is 32.9 Å². The Morgan fingerprint density at radius 3 is 1.24 bits per heavy atom. The molecule has 2 aromatic heterocycles. The summed E-state index contributed by atoms with van der Waals surface area (Å²) in [4.78, 5) is 0. The number of fused-ring (bicyclic) bond motifs is 8. The third-order valence-corrected chi connectivity index (χ3v) is 12.9. The average Bonchev–Trinajstić information content (AvgIpc) is 3.83. The van der Waals surface area contributed by atoms with Crippen molar-refractivity contribution in [3.05, 3.63) is 218 Å². The van der Waals surface area contributed by atoms with Crippen LogP contribution in [0.1, 0.15) is 19.4 Å². The van der Waals surface area contributed by atoms with Gasteiger partial charge in [0.2, 0.25) is 0 Å². The minimum atomic E-state index is 0.606. The normalized spacial score (nSPS) is 11.9. The zero-order valence-corrected chi connectivity index (χ0v) is 34.9. The van der Waals surface area contributed by atoms with E-state index in [1.54, 1.807) is 0 Å². The lowest BCUT2D eigenvalue weighted by Crippen LogP contribution is -1.98. The summed E-state index contributed by atoms with van der Waals surface area (Å²) >= 11 is 0. The van der Waals surface area contributed by atoms with Crippen LogP contribution in [0.25, 0.3) is 110 Å². The van der Waals surface area contributed by atoms with Gasteiger partial charge in [-0.1, -0.05) is 166 Å². The van der Waals surface area contributed by atoms with Crippen molar-refractivity contribution < 1.29 is 0 Å². The Balaban J connectivity index is 0.971. The van der Waals surface area contributed by atoms with E-state index in [0.717, 1.165) is 12.1 Å². The van der Waals surface area contributed by atoms with E-state index < -0.39 is 0 Å². The lowest BCUT2D eigenvalue weighted by Gasteiger charge is -2.18. The molecule has 0 spiro atoms. The lowest BCUT2D eigenvalue weighted by atomic mass is 9.86. The number of hydrogen-bond donors (Lipinski definition) is 0. The maximum absolute atomic E-state index is 2.44. The molecule has 0 bridgehead atoms. The number of benzene rings is 10. The van der Waals surface area contributed by atoms with Gasteiger partial charge in [0.25, 0.3) is 0 Å². The van der Waals surface area contributed by atoms with Crippen LogP contribution < -0.4 is 0 Å². The molecule has 10 aromatic carbocycles. The van der Waals surface area contributed by atoms with E-state index >= 15 is 0 Å². The van der Waals surface area contributed by atoms with Crippen LogP contribution in [0.5, 0.6) is 0 Å². The maximum Gasteiger partial charge on any atom is 0.0541 e. The Morgan fingerprint density at radius 1 is 0.306 bits per heavy atom. The standard InChI is InChI=1S/C60H44N2/c1-39(2)35-40-15-14-18-46(36-40)62-56-26-13-11-20-48(56)54-38-44(30-34-58(54)62)43-29-33-57-53(37-43)47-19-10-12-25-55(47)61(57)45-31-27-42(28-32-45)60-51-23-8-6-21-49(51)59(41-16-4-3-5-17-41)50-22-7-9-24-52(50)60/h3-34,36-39H,35H2,1-2H3. The van der Waals surface area contributed by atoms with Crippen LogP contribution in [0.2, 0.25) is 0 Å². The molecular formula is C60H44N2. The van der Waals surface area contributed by atoms with Crippen molar-refractivity contribution in [1.82, 2.24) is 9.13 Å². The zero-order chi connectivity index (χ0) is 41.3. The van der Waals surface area contributed by atoms with Gasteiger partial charge in [-0.25, -0.2) is 0 Å². The second-order valence-electron chi connectivity index (χ2n) is 17.2. The first-order chi connectivity index (χ1) is 30.6. The molecule has 2 heterocycles. The molecule has 0 N–H and O–H groups in total. The van der Waals surface area contributed by atoms with Crippen LogP contribution in [0, 0.1) is 5.92 Å². The van der Waals surface area contributed by atoms with E-state index in [4.69, 9.17) is 0 Å². The summed E-state index contributed by atoms with van der Waals surface area (Å²) in [7, 11) is 0. The predicted octanol–water partition coefficient (Wildman–Crippen LogP) is 16.4. The van der Waals surface area contributed by atoms with Crippen molar-refractivity contribution >= 4 is 65.2 Å². The Morgan fingerprint density at radius 2 is 0.726 bits per heavy atom. The second kappa shape index (κ2) is 14.5. The molecule has 0 unspecified atom stereocenters. The smallest absolute Gasteiger partial charge is 0.0541 e. The first kappa shape index (κ1) is 36.2. The van der Waals surface area contributed by atoms with Crippen LogP contribution in [0.3, 0.4) is 0 Å². The van der Waals surface area contributed by atoms with Gasteiger partial charge >= 0.3 is 0 Å². The van der Waals surface area contributed by atoms with E-state index in [9.17, 15) is 0 Å². The van der Waals surface area contributed by atoms with Gasteiger partial charge in [0.05, 0.1) is 22.1 Å². The van der Waals surface area contributed by atoms with Crippen molar-refractivity contribution in [1.29, 1.82) is 0 Å². The Labute approximate surface area is 361 Å². The van der Waals surface area contributed by atoms with E-state index in [1.807, 2.05) is 0 Å². The summed E-state index contributed by atoms with van der Waals surface area (Å²) in [5.74, 6) is 0.606. The van der Waals surface area contributed by atoms with Crippen molar-refractivity contribution in [2.45, 2.75) is 20.3 Å². The van der Waals surface area contributed by atoms with Crippen molar-refractivity contribution in [3.63, 3.8) is 0 Å². The van der Waals surface area contributed by atoms with E-state index in [0.29, 0.717) is 5.92 Å². The van der Waals surface area contributed by atoms with Gasteiger partial charge in [0.1, 0.15) is 0 Å². The highest BCUT2D eigenvalue weighted by molar-refractivity contribution is 6.21. The zero-order valence-electron chi connectivity index (χ0n) is 34.9. The second-order valence-corrected chi connectivity index (χ2v) is 17.2. The summed E-state index contributed by atoms with van der Waals surface area (Å²) in [5, 5.41) is 10.1. The van der Waals surface area contributed by atoms with E-state index in [1.165, 1.54) is 110 Å². The molecule has 0 aliphatic heterocycles. The molecule has 294 valence electrons. The largest absolute Gasteiger partial charge is 0.309 e. The highest BCUT2D eigenvalue weighted by atomic mass is 15.0. The molecule has 0 saturated carbocycles. The van der Waals surface area contributed by atoms with Crippen LogP contribution in [0.4, 0.5) is 0 Å². The maximum atomic E-state index is 2.44. The van der Waals surface area contributed by atoms with Crippen LogP contribution in [-0.2, 0) is 6.42 Å². The highest BCUT2D eigenvalue weighted by Gasteiger charge is 2.19. The first-order valence-corrected chi connectivity index (χ1v) is 21.8. The molecule has 0 radical (unpaired) electrons. The Bertz CT molecular complexity index is 3620. The fourth-order valence-corrected chi connectivity index (χ4v) is 10.3. The molecule has 2 heteroatoms. The highest BCUT2D eigenvalue weighted by Crippen LogP contribution is 2.44. The molecule has 0 saturated heterocycles. The molecule has 0 fully saturated rings. The number of aromatic nitrogens is 2. The number of rotatable bonds is 7. The number of hydrogen-bond acceptors (Lipinski definition) is 0. The number of para-hydroxylation sites is 2. The summed E-state index contributed by atoms with van der Waals surface area (Å²) in [6.45, 7) is 4.58. The van der Waals surface area contributed by atoms with Gasteiger partial charge < -0.3 is 9.13 Å². The van der Waals surface area contributed by atoms with Gasteiger partial charge in [-0.3, -0.25) is 0 Å². The van der Waals surface area contributed by atoms with E-state index in [2.05, 4.69) is 235 Å². The van der Waals surface area contributed by atoms with Crippen LogP contribution >= 0.6 is 0 Å². The summed E-state index contributed by atoms with van der Waals surface area (Å²) in [6.07, 6.45) is 1.07. The van der Waals surface area contributed by atoms with Gasteiger partial charge in [0.15, 0.2) is 0 Å². The topological polar surface area (TPSA) is 9.86 Å². The monoisotopic (exact) mass is 792 g/mol. The molecule has 2 nitrogen and oxygen atoms in total. The quantitative estimate of drug-likeness (QED) is 0.142. The van der Waals surface area contributed by atoms with Gasteiger partial charge in [-0.05, 0) is 133 Å². The molecule has 0 amide bonds. The minimum absolute atomic E-state index is 0.606. The Kier molecular flexibility index (Phi) is 8.47. The van der Waals surface area contributed by atoms with Gasteiger partial charge in [-0.15, -0.1) is 0 Å². The van der Waals surface area contributed by atoms with Gasteiger partial charge in [-0.2, -0.15) is 0 Å². The molecule has 0 aliphatic rings. The fraction of sp³-hybridized carbons (Fsp3) is 0.0667. The number of nitrogens with zero attached hydrogens (tertiary/aromatic N) is 2. The third-order valence-electron chi connectivity index (χ3n) is 12.9. The molecule has 12 rings (SSSR count). The van der Waals surface area contributed by atoms with Crippen LogP contribution in [0.15, 0.2) is 212 Å². The van der Waals surface area contributed by atoms with Crippen molar-refractivity contribution in [3.8, 4) is 44.8 Å². The predicted molar refractivity (Wildman–Crippen MR) is 265 cm³/mol. The van der Waals surface area contributed by atoms with Crippen molar-refractivity contribution in [2.75, 3.05) is 0 Å². The van der Waals surface area contributed by atoms with Crippen molar-refractivity contribution in [2.24, 2.45) is 5.92 Å². The molecule has 0 aliphatic carbocycles. The lowest BCUT2D eigenvalue weighted by molar-refractivity contribution is 0.647. The SMILES string of the molecule is CC(C)Cc1cccc(-n2c3ccccc3c3cc(-c4ccc5c(c4)c4ccccc4n5-c4ccc(-c5c6ccccc6c(-c6ccccc6)c6ccccc56)cc4)ccc32)c1. The summed E-state index contributed by atoms with van der Waals surface area (Å²) in [6, 6.07) is 78.6. The average molecular weight is 793 g/mol.